The van der Waals surface area contributed by atoms with Crippen LogP contribution in [0.3, 0.4) is 0 Å². The van der Waals surface area contributed by atoms with Gasteiger partial charge in [-0.15, -0.1) is 0 Å². The second-order valence-electron chi connectivity index (χ2n) is 3.57. The second kappa shape index (κ2) is 4.06. The van der Waals surface area contributed by atoms with E-state index in [-0.39, 0.29) is 11.9 Å². The van der Waals surface area contributed by atoms with Gasteiger partial charge in [0.15, 0.2) is 5.79 Å². The van der Waals surface area contributed by atoms with Crippen molar-refractivity contribution in [2.24, 2.45) is 0 Å². The van der Waals surface area contributed by atoms with Gasteiger partial charge in [-0.2, -0.15) is 0 Å². The molecule has 0 aromatic rings. The SMILES string of the molecule is CCC=CC[C@H]1COC(C)(C)O1. The molecule has 0 spiro atoms. The first-order chi connectivity index (χ1) is 5.64. The lowest BCUT2D eigenvalue weighted by Gasteiger charge is -2.16. The topological polar surface area (TPSA) is 18.5 Å². The summed E-state index contributed by atoms with van der Waals surface area (Å²) in [5.41, 5.74) is 0. The molecule has 0 aromatic heterocycles. The van der Waals surface area contributed by atoms with Crippen LogP contribution in [0, 0.1) is 0 Å². The molecule has 1 aliphatic rings. The number of hydrogen-bond donors (Lipinski definition) is 0. The van der Waals surface area contributed by atoms with Crippen molar-refractivity contribution in [2.45, 2.75) is 45.5 Å². The molecule has 1 atom stereocenters. The van der Waals surface area contributed by atoms with Crippen molar-refractivity contribution in [3.63, 3.8) is 0 Å². The quantitative estimate of drug-likeness (QED) is 0.606. The molecule has 1 saturated heterocycles. The fourth-order valence-electron chi connectivity index (χ4n) is 1.29. The first-order valence-corrected chi connectivity index (χ1v) is 4.61. The molecule has 0 saturated carbocycles. The van der Waals surface area contributed by atoms with Crippen molar-refractivity contribution in [3.05, 3.63) is 12.2 Å². The Bertz CT molecular complexity index is 161. The van der Waals surface area contributed by atoms with Gasteiger partial charge in [0.2, 0.25) is 0 Å². The molecule has 0 aromatic carbocycles. The van der Waals surface area contributed by atoms with Crippen LogP contribution in [-0.2, 0) is 9.47 Å². The molecule has 1 heterocycles. The fourth-order valence-corrected chi connectivity index (χ4v) is 1.29. The average Bonchev–Trinajstić information content (AvgIpc) is 2.31. The van der Waals surface area contributed by atoms with E-state index in [1.807, 2.05) is 13.8 Å². The van der Waals surface area contributed by atoms with Crippen LogP contribution in [0.5, 0.6) is 0 Å². The summed E-state index contributed by atoms with van der Waals surface area (Å²) in [6.45, 7) is 6.76. The number of allylic oxidation sites excluding steroid dienone is 1. The van der Waals surface area contributed by atoms with Gasteiger partial charge in [-0.25, -0.2) is 0 Å². The molecule has 1 rings (SSSR count). The van der Waals surface area contributed by atoms with Crippen LogP contribution in [-0.4, -0.2) is 18.5 Å². The molecule has 12 heavy (non-hydrogen) atoms. The maximum atomic E-state index is 5.62. The summed E-state index contributed by atoms with van der Waals surface area (Å²) in [5, 5.41) is 0. The van der Waals surface area contributed by atoms with Crippen molar-refractivity contribution in [1.82, 2.24) is 0 Å². The largest absolute Gasteiger partial charge is 0.348 e. The Hall–Kier alpha value is -0.340. The summed E-state index contributed by atoms with van der Waals surface area (Å²) in [4.78, 5) is 0. The van der Waals surface area contributed by atoms with E-state index in [1.165, 1.54) is 0 Å². The molecular weight excluding hydrogens is 152 g/mol. The van der Waals surface area contributed by atoms with Crippen LogP contribution in [0.15, 0.2) is 12.2 Å². The molecule has 0 bridgehead atoms. The third kappa shape index (κ3) is 2.95. The van der Waals surface area contributed by atoms with Crippen molar-refractivity contribution in [3.8, 4) is 0 Å². The highest BCUT2D eigenvalue weighted by molar-refractivity contribution is 4.85. The number of rotatable bonds is 3. The molecule has 2 nitrogen and oxygen atoms in total. The number of ether oxygens (including phenoxy) is 2. The maximum Gasteiger partial charge on any atom is 0.163 e. The predicted octanol–water partition coefficient (Wildman–Crippen LogP) is 2.49. The van der Waals surface area contributed by atoms with Crippen molar-refractivity contribution < 1.29 is 9.47 Å². The van der Waals surface area contributed by atoms with E-state index in [0.717, 1.165) is 19.4 Å². The van der Waals surface area contributed by atoms with Crippen LogP contribution in [0.1, 0.15) is 33.6 Å². The van der Waals surface area contributed by atoms with Crippen LogP contribution in [0.4, 0.5) is 0 Å². The molecule has 1 fully saturated rings. The second-order valence-corrected chi connectivity index (χ2v) is 3.57. The van der Waals surface area contributed by atoms with Crippen LogP contribution < -0.4 is 0 Å². The van der Waals surface area contributed by atoms with Crippen molar-refractivity contribution in [2.75, 3.05) is 6.61 Å². The van der Waals surface area contributed by atoms with E-state index in [2.05, 4.69) is 19.1 Å². The van der Waals surface area contributed by atoms with Gasteiger partial charge in [0.05, 0.1) is 12.7 Å². The molecular formula is C10H18O2. The predicted molar refractivity (Wildman–Crippen MR) is 49.0 cm³/mol. The Morgan fingerprint density at radius 2 is 2.17 bits per heavy atom. The Kier molecular flexibility index (Phi) is 3.29. The van der Waals surface area contributed by atoms with Crippen LogP contribution >= 0.6 is 0 Å². The normalized spacial score (nSPS) is 28.4. The standard InChI is InChI=1S/C10H18O2/c1-4-5-6-7-9-8-11-10(2,3)12-9/h5-6,9H,4,7-8H2,1-3H3/t9-/m0/s1. The van der Waals surface area contributed by atoms with Crippen molar-refractivity contribution in [1.29, 1.82) is 0 Å². The first-order valence-electron chi connectivity index (χ1n) is 4.61. The van der Waals surface area contributed by atoms with Gasteiger partial charge >= 0.3 is 0 Å². The van der Waals surface area contributed by atoms with Gasteiger partial charge in [-0.05, 0) is 26.7 Å². The molecule has 0 radical (unpaired) electrons. The Morgan fingerprint density at radius 3 is 2.67 bits per heavy atom. The zero-order valence-corrected chi connectivity index (χ0v) is 8.17. The van der Waals surface area contributed by atoms with Crippen LogP contribution in [0.25, 0.3) is 0 Å². The van der Waals surface area contributed by atoms with E-state index in [9.17, 15) is 0 Å². The average molecular weight is 170 g/mol. The van der Waals surface area contributed by atoms with Gasteiger partial charge < -0.3 is 9.47 Å². The lowest BCUT2D eigenvalue weighted by Crippen LogP contribution is -2.21. The maximum absolute atomic E-state index is 5.62. The van der Waals surface area contributed by atoms with Gasteiger partial charge in [-0.1, -0.05) is 19.1 Å². The summed E-state index contributed by atoms with van der Waals surface area (Å²) in [7, 11) is 0. The summed E-state index contributed by atoms with van der Waals surface area (Å²) < 4.78 is 11.0. The zero-order chi connectivity index (χ0) is 9.03. The van der Waals surface area contributed by atoms with Crippen molar-refractivity contribution >= 4 is 0 Å². The summed E-state index contributed by atoms with van der Waals surface area (Å²) >= 11 is 0. The third-order valence-electron chi connectivity index (χ3n) is 1.87. The monoisotopic (exact) mass is 170 g/mol. The van der Waals surface area contributed by atoms with Gasteiger partial charge in [0.1, 0.15) is 0 Å². The smallest absolute Gasteiger partial charge is 0.163 e. The first kappa shape index (κ1) is 9.75. The molecule has 0 unspecified atom stereocenters. The molecule has 0 aliphatic carbocycles. The van der Waals surface area contributed by atoms with Gasteiger partial charge in [0, 0.05) is 0 Å². The fraction of sp³-hybridized carbons (Fsp3) is 0.800. The van der Waals surface area contributed by atoms with E-state index >= 15 is 0 Å². The number of hydrogen-bond acceptors (Lipinski definition) is 2. The lowest BCUT2D eigenvalue weighted by atomic mass is 10.2. The Labute approximate surface area is 74.6 Å². The lowest BCUT2D eigenvalue weighted by molar-refractivity contribution is -0.137. The minimum atomic E-state index is -0.370. The minimum absolute atomic E-state index is 0.253. The Balaban J connectivity index is 2.24. The Morgan fingerprint density at radius 1 is 1.42 bits per heavy atom. The van der Waals surface area contributed by atoms with E-state index in [4.69, 9.17) is 9.47 Å². The minimum Gasteiger partial charge on any atom is -0.348 e. The van der Waals surface area contributed by atoms with E-state index < -0.39 is 0 Å². The molecule has 2 heteroatoms. The van der Waals surface area contributed by atoms with E-state index in [0.29, 0.717) is 0 Å². The van der Waals surface area contributed by atoms with Crippen LogP contribution in [0.2, 0.25) is 0 Å². The molecule has 70 valence electrons. The van der Waals surface area contributed by atoms with Gasteiger partial charge in [-0.3, -0.25) is 0 Å². The summed E-state index contributed by atoms with van der Waals surface area (Å²) in [6.07, 6.45) is 6.64. The highest BCUT2D eigenvalue weighted by atomic mass is 16.7. The summed E-state index contributed by atoms with van der Waals surface area (Å²) in [5.74, 6) is -0.370. The molecule has 0 amide bonds. The highest BCUT2D eigenvalue weighted by Gasteiger charge is 2.31. The molecule has 0 N–H and O–H groups in total. The highest BCUT2D eigenvalue weighted by Crippen LogP contribution is 2.24. The summed E-state index contributed by atoms with van der Waals surface area (Å²) in [6, 6.07) is 0. The van der Waals surface area contributed by atoms with Gasteiger partial charge in [0.25, 0.3) is 0 Å². The molecule has 1 aliphatic heterocycles. The van der Waals surface area contributed by atoms with E-state index in [1.54, 1.807) is 0 Å². The third-order valence-corrected chi connectivity index (χ3v) is 1.87. The zero-order valence-electron chi connectivity index (χ0n) is 8.17.